The number of hydrogen-bond acceptors (Lipinski definition) is 7. The third kappa shape index (κ3) is 5.02. The summed E-state index contributed by atoms with van der Waals surface area (Å²) in [6.45, 7) is 10.4. The minimum Gasteiger partial charge on any atom is -0.492 e. The van der Waals surface area contributed by atoms with E-state index in [1.807, 2.05) is 65.2 Å². The summed E-state index contributed by atoms with van der Waals surface area (Å²) >= 11 is 0. The average molecular weight is 474 g/mol. The highest BCUT2D eigenvalue weighted by Gasteiger charge is 2.15. The summed E-state index contributed by atoms with van der Waals surface area (Å²) in [5.74, 6) is 2.89. The number of nitrogens with zero attached hydrogens (tertiary/aromatic N) is 4. The zero-order valence-corrected chi connectivity index (χ0v) is 20.4. The molecule has 182 valence electrons. The topological polar surface area (TPSA) is 73.2 Å². The van der Waals surface area contributed by atoms with Crippen molar-refractivity contribution in [3.8, 4) is 28.5 Å². The van der Waals surface area contributed by atoms with Gasteiger partial charge in [-0.15, -0.1) is 5.10 Å². The normalized spacial score (nSPS) is 13.7. The van der Waals surface area contributed by atoms with Gasteiger partial charge < -0.3 is 19.5 Å². The summed E-state index contributed by atoms with van der Waals surface area (Å²) in [6.07, 6.45) is 0. The van der Waals surface area contributed by atoms with E-state index in [1.54, 1.807) is 0 Å². The maximum Gasteiger partial charge on any atom is 0.247 e. The molecule has 1 aliphatic heterocycles. The van der Waals surface area contributed by atoms with Gasteiger partial charge in [0.1, 0.15) is 25.6 Å². The first kappa shape index (κ1) is 23.0. The first-order valence-electron chi connectivity index (χ1n) is 12.1. The van der Waals surface area contributed by atoms with E-state index in [1.165, 1.54) is 0 Å². The van der Waals surface area contributed by atoms with E-state index in [0.29, 0.717) is 31.8 Å². The molecule has 0 radical (unpaired) electrons. The van der Waals surface area contributed by atoms with Gasteiger partial charge >= 0.3 is 0 Å². The van der Waals surface area contributed by atoms with Crippen molar-refractivity contribution in [3.05, 3.63) is 60.7 Å². The Labute approximate surface area is 205 Å². The standard InChI is InChI=1S/C27H31N5O3/c1-4-31(5-2)19(3)18-35-22-12-10-21(11-13-22)28-27-29-26-8-6-7-23(32(26)30-27)20-9-14-24-25(17-20)34-16-15-33-24/h6-14,17,19H,4-5,15-16,18H2,1-3H3,(H,28,30)/t19-/m0/s1. The molecule has 35 heavy (non-hydrogen) atoms. The van der Waals surface area contributed by atoms with E-state index in [2.05, 4.69) is 36.0 Å². The second-order valence-corrected chi connectivity index (χ2v) is 8.51. The van der Waals surface area contributed by atoms with Crippen LogP contribution in [0, 0.1) is 0 Å². The highest BCUT2D eigenvalue weighted by molar-refractivity contribution is 5.68. The minimum atomic E-state index is 0.369. The fourth-order valence-corrected chi connectivity index (χ4v) is 4.31. The average Bonchev–Trinajstić information content (AvgIpc) is 3.31. The third-order valence-electron chi connectivity index (χ3n) is 6.24. The molecule has 1 N–H and O–H groups in total. The summed E-state index contributed by atoms with van der Waals surface area (Å²) in [4.78, 5) is 7.03. The van der Waals surface area contributed by atoms with Crippen molar-refractivity contribution in [3.63, 3.8) is 0 Å². The van der Waals surface area contributed by atoms with Crippen LogP contribution in [0.15, 0.2) is 60.7 Å². The Morgan fingerprint density at radius 1 is 1.00 bits per heavy atom. The molecule has 1 atom stereocenters. The van der Waals surface area contributed by atoms with E-state index >= 15 is 0 Å². The fourth-order valence-electron chi connectivity index (χ4n) is 4.31. The zero-order chi connectivity index (χ0) is 24.2. The number of aromatic nitrogens is 3. The summed E-state index contributed by atoms with van der Waals surface area (Å²) in [7, 11) is 0. The Morgan fingerprint density at radius 3 is 2.54 bits per heavy atom. The van der Waals surface area contributed by atoms with Gasteiger partial charge in [0, 0.05) is 17.3 Å². The van der Waals surface area contributed by atoms with Crippen molar-refractivity contribution in [1.29, 1.82) is 0 Å². The smallest absolute Gasteiger partial charge is 0.247 e. The molecule has 0 saturated heterocycles. The van der Waals surface area contributed by atoms with Crippen LogP contribution in [0.5, 0.6) is 17.2 Å². The van der Waals surface area contributed by atoms with Gasteiger partial charge in [-0.3, -0.25) is 4.90 Å². The fraction of sp³-hybridized carbons (Fsp3) is 0.333. The molecule has 8 nitrogen and oxygen atoms in total. The Morgan fingerprint density at radius 2 is 1.77 bits per heavy atom. The summed E-state index contributed by atoms with van der Waals surface area (Å²) < 4.78 is 19.2. The largest absolute Gasteiger partial charge is 0.492 e. The highest BCUT2D eigenvalue weighted by Crippen LogP contribution is 2.34. The van der Waals surface area contributed by atoms with Gasteiger partial charge in [-0.05, 0) is 74.6 Å². The molecule has 3 heterocycles. The lowest BCUT2D eigenvalue weighted by molar-refractivity contribution is 0.158. The molecular weight excluding hydrogens is 442 g/mol. The molecule has 0 saturated carbocycles. The van der Waals surface area contributed by atoms with E-state index in [9.17, 15) is 0 Å². The number of benzene rings is 2. The van der Waals surface area contributed by atoms with Crippen molar-refractivity contribution < 1.29 is 14.2 Å². The van der Waals surface area contributed by atoms with E-state index < -0.39 is 0 Å². The van der Waals surface area contributed by atoms with Crippen molar-refractivity contribution in [2.45, 2.75) is 26.8 Å². The molecule has 5 rings (SSSR count). The van der Waals surface area contributed by atoms with Gasteiger partial charge in [-0.2, -0.15) is 4.98 Å². The van der Waals surface area contributed by atoms with E-state index in [4.69, 9.17) is 19.3 Å². The number of nitrogens with one attached hydrogen (secondary N) is 1. The maximum atomic E-state index is 5.99. The molecule has 2 aromatic carbocycles. The lowest BCUT2D eigenvalue weighted by Crippen LogP contribution is -2.36. The van der Waals surface area contributed by atoms with Crippen LogP contribution in [0.3, 0.4) is 0 Å². The Balaban J connectivity index is 1.30. The number of anilines is 2. The third-order valence-corrected chi connectivity index (χ3v) is 6.24. The highest BCUT2D eigenvalue weighted by atomic mass is 16.6. The quantitative estimate of drug-likeness (QED) is 0.366. The molecule has 8 heteroatoms. The van der Waals surface area contributed by atoms with Gasteiger partial charge in [-0.25, -0.2) is 4.52 Å². The van der Waals surface area contributed by atoms with Crippen LogP contribution < -0.4 is 19.5 Å². The molecule has 1 aliphatic rings. The molecule has 0 aliphatic carbocycles. The number of hydrogen-bond donors (Lipinski definition) is 1. The molecule has 0 bridgehead atoms. The van der Waals surface area contributed by atoms with E-state index in [0.717, 1.165) is 52.9 Å². The van der Waals surface area contributed by atoms with Crippen LogP contribution in [0.2, 0.25) is 0 Å². The molecule has 2 aromatic heterocycles. The number of fused-ring (bicyclic) bond motifs is 2. The van der Waals surface area contributed by atoms with Gasteiger partial charge in [0.15, 0.2) is 17.1 Å². The predicted molar refractivity (Wildman–Crippen MR) is 137 cm³/mol. The Kier molecular flexibility index (Phi) is 6.72. The van der Waals surface area contributed by atoms with Crippen LogP contribution in [0.4, 0.5) is 11.6 Å². The van der Waals surface area contributed by atoms with Crippen molar-refractivity contribution in [2.24, 2.45) is 0 Å². The lowest BCUT2D eigenvalue weighted by Gasteiger charge is -2.26. The Bertz CT molecular complexity index is 1280. The van der Waals surface area contributed by atoms with Crippen LogP contribution in [-0.4, -0.2) is 58.4 Å². The van der Waals surface area contributed by atoms with Gasteiger partial charge in [0.05, 0.1) is 5.69 Å². The maximum absolute atomic E-state index is 5.99. The first-order valence-corrected chi connectivity index (χ1v) is 12.1. The molecule has 4 aromatic rings. The SMILES string of the molecule is CCN(CC)[C@@H](C)COc1ccc(Nc2nc3cccc(-c4ccc5c(c4)OCCO5)n3n2)cc1. The molecule has 0 spiro atoms. The summed E-state index contributed by atoms with van der Waals surface area (Å²) in [5.41, 5.74) is 3.55. The van der Waals surface area contributed by atoms with Gasteiger partial charge in [-0.1, -0.05) is 19.9 Å². The number of ether oxygens (including phenoxy) is 3. The van der Waals surface area contributed by atoms with Crippen LogP contribution in [-0.2, 0) is 0 Å². The lowest BCUT2D eigenvalue weighted by atomic mass is 10.1. The van der Waals surface area contributed by atoms with Crippen LogP contribution in [0.1, 0.15) is 20.8 Å². The van der Waals surface area contributed by atoms with Gasteiger partial charge in [0.2, 0.25) is 5.95 Å². The summed E-state index contributed by atoms with van der Waals surface area (Å²) in [5, 5.41) is 8.00. The molecular formula is C27H31N5O3. The monoisotopic (exact) mass is 473 g/mol. The summed E-state index contributed by atoms with van der Waals surface area (Å²) in [6, 6.07) is 20.1. The predicted octanol–water partition coefficient (Wildman–Crippen LogP) is 5.02. The van der Waals surface area contributed by atoms with Crippen molar-refractivity contribution in [2.75, 3.05) is 38.2 Å². The second-order valence-electron chi connectivity index (χ2n) is 8.51. The van der Waals surface area contributed by atoms with Crippen LogP contribution in [0.25, 0.3) is 16.9 Å². The van der Waals surface area contributed by atoms with E-state index in [-0.39, 0.29) is 0 Å². The molecule has 0 unspecified atom stereocenters. The Hall–Kier alpha value is -3.78. The molecule has 0 fully saturated rings. The van der Waals surface area contributed by atoms with Crippen molar-refractivity contribution in [1.82, 2.24) is 19.5 Å². The number of rotatable bonds is 9. The molecule has 0 amide bonds. The second kappa shape index (κ2) is 10.2. The van der Waals surface area contributed by atoms with Gasteiger partial charge in [0.25, 0.3) is 0 Å². The first-order chi connectivity index (χ1) is 17.1. The van der Waals surface area contributed by atoms with Crippen LogP contribution >= 0.6 is 0 Å². The number of pyridine rings is 1. The number of likely N-dealkylation sites (N-methyl/N-ethyl adjacent to an activating group) is 1. The zero-order valence-electron chi connectivity index (χ0n) is 20.4. The minimum absolute atomic E-state index is 0.369. The van der Waals surface area contributed by atoms with Crippen molar-refractivity contribution >= 4 is 17.3 Å².